The molecule has 1 aliphatic heterocycles. The first-order valence-electron chi connectivity index (χ1n) is 14.4. The van der Waals surface area contributed by atoms with E-state index in [0.29, 0.717) is 39.3 Å². The lowest BCUT2D eigenvalue weighted by molar-refractivity contribution is -0.141. The Kier molecular flexibility index (Phi) is 9.51. The molecule has 42 heavy (non-hydrogen) atoms. The quantitative estimate of drug-likeness (QED) is 0.357. The predicted molar refractivity (Wildman–Crippen MR) is 158 cm³/mol. The normalized spacial score (nSPS) is 16.3. The van der Waals surface area contributed by atoms with Gasteiger partial charge in [0.2, 0.25) is 5.91 Å². The zero-order valence-electron chi connectivity index (χ0n) is 23.8. The number of benzene rings is 3. The van der Waals surface area contributed by atoms with Crippen LogP contribution in [0.3, 0.4) is 0 Å². The number of rotatable bonds is 11. The Balaban J connectivity index is 1.24. The van der Waals surface area contributed by atoms with Crippen molar-refractivity contribution in [3.05, 3.63) is 95.6 Å². The van der Waals surface area contributed by atoms with Crippen LogP contribution in [0.25, 0.3) is 11.1 Å². The number of ether oxygens (including phenoxy) is 2. The molecule has 0 aromatic heterocycles. The number of nitrogens with one attached hydrogen (secondary N) is 1. The molecule has 2 N–H and O–H groups in total. The molecular formula is C33H37N3O6. The molecule has 5 rings (SSSR count). The van der Waals surface area contributed by atoms with E-state index in [4.69, 9.17) is 14.6 Å². The van der Waals surface area contributed by atoms with Gasteiger partial charge < -0.3 is 24.8 Å². The summed E-state index contributed by atoms with van der Waals surface area (Å²) < 4.78 is 11.8. The fourth-order valence-electron chi connectivity index (χ4n) is 5.69. The number of fused-ring (bicyclic) bond motifs is 3. The summed E-state index contributed by atoms with van der Waals surface area (Å²) in [7, 11) is 0. The Bertz CT molecular complexity index is 1340. The highest BCUT2D eigenvalue weighted by Crippen LogP contribution is 2.44. The fraction of sp³-hybridized carbons (Fsp3) is 0.364. The third-order valence-corrected chi connectivity index (χ3v) is 8.03. The highest BCUT2D eigenvalue weighted by molar-refractivity contribution is 5.86. The van der Waals surface area contributed by atoms with Crippen LogP contribution in [0.15, 0.2) is 78.9 Å². The molecule has 3 aromatic rings. The summed E-state index contributed by atoms with van der Waals surface area (Å²) in [5.74, 6) is -1.19. The third kappa shape index (κ3) is 6.98. The number of aliphatic carboxylic acids is 1. The molecule has 3 aromatic carbocycles. The first kappa shape index (κ1) is 29.3. The molecule has 2 atom stereocenters. The number of carboxylic acids is 1. The van der Waals surface area contributed by atoms with Crippen molar-refractivity contribution >= 4 is 18.0 Å². The second-order valence-corrected chi connectivity index (χ2v) is 10.8. The molecule has 9 heteroatoms. The van der Waals surface area contributed by atoms with Crippen LogP contribution in [-0.4, -0.2) is 84.4 Å². The average molecular weight is 572 g/mol. The number of carboxylic acid groups (broad SMARTS) is 1. The second kappa shape index (κ2) is 13.6. The summed E-state index contributed by atoms with van der Waals surface area (Å²) in [4.78, 5) is 41.6. The molecule has 0 spiro atoms. The second-order valence-electron chi connectivity index (χ2n) is 10.8. The number of nitrogens with zero attached hydrogens (tertiary/aromatic N) is 2. The van der Waals surface area contributed by atoms with Crippen molar-refractivity contribution in [2.75, 3.05) is 39.3 Å². The van der Waals surface area contributed by atoms with Gasteiger partial charge in [-0.1, -0.05) is 78.9 Å². The van der Waals surface area contributed by atoms with E-state index in [9.17, 15) is 14.4 Å². The standard InChI is InChI=1S/C33H37N3O6/c1-23(41-21-24-9-3-2-4-10-24)31(32(39)36-19-17-35(18-20-36)16-15-30(37)38)34-33(40)42-22-29-27-13-7-5-11-25(27)26-12-6-8-14-28(26)29/h2-14,23,29,31H,15-22H2,1H3,(H,34,40)(H,37,38)/t23-,31+/m0/s1. The number of carbonyl (C=O) groups excluding carboxylic acids is 2. The van der Waals surface area contributed by atoms with Crippen LogP contribution in [0.2, 0.25) is 0 Å². The number of carbonyl (C=O) groups is 3. The molecule has 1 saturated heterocycles. The summed E-state index contributed by atoms with van der Waals surface area (Å²) in [6.45, 7) is 4.66. The number of piperazine rings is 1. The first-order chi connectivity index (χ1) is 20.4. The predicted octanol–water partition coefficient (Wildman–Crippen LogP) is 4.12. The molecule has 0 saturated carbocycles. The Hall–Kier alpha value is -4.21. The topological polar surface area (TPSA) is 108 Å². The molecule has 0 unspecified atom stereocenters. The Morgan fingerprint density at radius 3 is 2.10 bits per heavy atom. The van der Waals surface area contributed by atoms with Crippen LogP contribution in [0.5, 0.6) is 0 Å². The van der Waals surface area contributed by atoms with Crippen LogP contribution in [-0.2, 0) is 25.7 Å². The highest BCUT2D eigenvalue weighted by atomic mass is 16.5. The van der Waals surface area contributed by atoms with Gasteiger partial charge in [0, 0.05) is 38.6 Å². The van der Waals surface area contributed by atoms with E-state index >= 15 is 0 Å². The van der Waals surface area contributed by atoms with E-state index in [0.717, 1.165) is 27.8 Å². The van der Waals surface area contributed by atoms with E-state index in [1.807, 2.05) is 59.5 Å². The van der Waals surface area contributed by atoms with E-state index in [1.165, 1.54) is 0 Å². The third-order valence-electron chi connectivity index (χ3n) is 8.03. The van der Waals surface area contributed by atoms with Gasteiger partial charge in [-0.15, -0.1) is 0 Å². The average Bonchev–Trinajstić information content (AvgIpc) is 3.34. The zero-order chi connectivity index (χ0) is 29.5. The number of hydrogen-bond acceptors (Lipinski definition) is 6. The van der Waals surface area contributed by atoms with Crippen molar-refractivity contribution in [1.29, 1.82) is 0 Å². The van der Waals surface area contributed by atoms with Crippen molar-refractivity contribution in [3.8, 4) is 11.1 Å². The largest absolute Gasteiger partial charge is 0.481 e. The summed E-state index contributed by atoms with van der Waals surface area (Å²) >= 11 is 0. The van der Waals surface area contributed by atoms with Crippen molar-refractivity contribution < 1.29 is 29.0 Å². The van der Waals surface area contributed by atoms with Crippen molar-refractivity contribution in [2.45, 2.75) is 38.0 Å². The molecule has 1 aliphatic carbocycles. The van der Waals surface area contributed by atoms with Gasteiger partial charge in [0.05, 0.1) is 19.1 Å². The first-order valence-corrected chi connectivity index (χ1v) is 14.4. The smallest absolute Gasteiger partial charge is 0.407 e. The highest BCUT2D eigenvalue weighted by Gasteiger charge is 2.35. The van der Waals surface area contributed by atoms with E-state index < -0.39 is 24.2 Å². The number of hydrogen-bond donors (Lipinski definition) is 2. The van der Waals surface area contributed by atoms with E-state index in [-0.39, 0.29) is 24.9 Å². The molecule has 1 heterocycles. The maximum Gasteiger partial charge on any atom is 0.407 e. The van der Waals surface area contributed by atoms with Gasteiger partial charge in [-0.05, 0) is 34.7 Å². The van der Waals surface area contributed by atoms with Gasteiger partial charge in [0.15, 0.2) is 0 Å². The summed E-state index contributed by atoms with van der Waals surface area (Å²) in [5, 5.41) is 11.8. The lowest BCUT2D eigenvalue weighted by Crippen LogP contribution is -2.58. The minimum absolute atomic E-state index is 0.0598. The fourth-order valence-corrected chi connectivity index (χ4v) is 5.69. The SMILES string of the molecule is C[C@H](OCc1ccccc1)[C@@H](NC(=O)OCC1c2ccccc2-c2ccccc21)C(=O)N1CCN(CCC(=O)O)CC1. The van der Waals surface area contributed by atoms with Crippen LogP contribution >= 0.6 is 0 Å². The Morgan fingerprint density at radius 2 is 1.48 bits per heavy atom. The van der Waals surface area contributed by atoms with Crippen molar-refractivity contribution in [3.63, 3.8) is 0 Å². The summed E-state index contributed by atoms with van der Waals surface area (Å²) in [6.07, 6.45) is -1.24. The van der Waals surface area contributed by atoms with Gasteiger partial charge in [-0.3, -0.25) is 14.5 Å². The van der Waals surface area contributed by atoms with Gasteiger partial charge in [0.25, 0.3) is 0 Å². The Morgan fingerprint density at radius 1 is 0.881 bits per heavy atom. The van der Waals surface area contributed by atoms with Gasteiger partial charge in [0.1, 0.15) is 12.6 Å². The summed E-state index contributed by atoms with van der Waals surface area (Å²) in [5.41, 5.74) is 5.46. The molecule has 2 amide bonds. The Labute approximate surface area is 246 Å². The minimum Gasteiger partial charge on any atom is -0.481 e. The van der Waals surface area contributed by atoms with Crippen LogP contribution in [0.1, 0.15) is 36.0 Å². The van der Waals surface area contributed by atoms with E-state index in [2.05, 4.69) is 29.6 Å². The molecule has 9 nitrogen and oxygen atoms in total. The van der Waals surface area contributed by atoms with E-state index in [1.54, 1.807) is 11.8 Å². The number of amides is 2. The van der Waals surface area contributed by atoms with Gasteiger partial charge in [-0.2, -0.15) is 0 Å². The minimum atomic E-state index is -0.949. The lowest BCUT2D eigenvalue weighted by Gasteiger charge is -2.37. The molecule has 220 valence electrons. The van der Waals surface area contributed by atoms with Crippen LogP contribution in [0, 0.1) is 0 Å². The maximum atomic E-state index is 13.7. The van der Waals surface area contributed by atoms with Gasteiger partial charge >= 0.3 is 12.1 Å². The monoisotopic (exact) mass is 571 g/mol. The van der Waals surface area contributed by atoms with Gasteiger partial charge in [-0.25, -0.2) is 4.79 Å². The van der Waals surface area contributed by atoms with Crippen molar-refractivity contribution in [1.82, 2.24) is 15.1 Å². The zero-order valence-corrected chi connectivity index (χ0v) is 23.8. The van der Waals surface area contributed by atoms with Crippen molar-refractivity contribution in [2.24, 2.45) is 0 Å². The van der Waals surface area contributed by atoms with Crippen LogP contribution in [0.4, 0.5) is 4.79 Å². The molecule has 0 radical (unpaired) electrons. The molecular weight excluding hydrogens is 534 g/mol. The maximum absolute atomic E-state index is 13.7. The molecule has 2 aliphatic rings. The lowest BCUT2D eigenvalue weighted by atomic mass is 9.98. The number of alkyl carbamates (subject to hydrolysis) is 1. The molecule has 1 fully saturated rings. The van der Waals surface area contributed by atoms with Crippen LogP contribution < -0.4 is 5.32 Å². The molecule has 0 bridgehead atoms. The summed E-state index contributed by atoms with van der Waals surface area (Å²) in [6, 6.07) is 25.0.